The Labute approximate surface area is 237 Å². The lowest BCUT2D eigenvalue weighted by Crippen LogP contribution is -2.29. The quantitative estimate of drug-likeness (QED) is 0.251. The van der Waals surface area contributed by atoms with E-state index in [0.29, 0.717) is 13.0 Å². The van der Waals surface area contributed by atoms with Gasteiger partial charge in [0.05, 0.1) is 12.7 Å². The first-order valence-electron chi connectivity index (χ1n) is 14.4. The third-order valence-electron chi connectivity index (χ3n) is 8.24. The molecular formula is C33H35F5O3. The second-order valence-corrected chi connectivity index (χ2v) is 11.1. The van der Waals surface area contributed by atoms with Gasteiger partial charge in [0, 0.05) is 17.5 Å². The molecule has 0 aromatic heterocycles. The first-order valence-corrected chi connectivity index (χ1v) is 14.4. The maximum Gasteiger partial charge on any atom is 0.573 e. The molecule has 3 nitrogen and oxygen atoms in total. The van der Waals surface area contributed by atoms with Gasteiger partial charge in [-0.2, -0.15) is 0 Å². The number of ether oxygens (including phenoxy) is 3. The van der Waals surface area contributed by atoms with Crippen molar-refractivity contribution in [2.24, 2.45) is 5.92 Å². The van der Waals surface area contributed by atoms with Crippen LogP contribution in [-0.4, -0.2) is 19.1 Å². The molecule has 3 aromatic carbocycles. The predicted octanol–water partition coefficient (Wildman–Crippen LogP) is 9.65. The number of alkyl halides is 3. The topological polar surface area (TPSA) is 27.7 Å². The van der Waals surface area contributed by atoms with E-state index < -0.39 is 30.4 Å². The number of hydrogen-bond acceptors (Lipinski definition) is 3. The molecule has 2 fully saturated rings. The van der Waals surface area contributed by atoms with Crippen molar-refractivity contribution in [2.45, 2.75) is 83.0 Å². The Kier molecular flexibility index (Phi) is 9.29. The van der Waals surface area contributed by atoms with Gasteiger partial charge >= 0.3 is 6.36 Å². The SMILES string of the molecule is CCCC1CCC(c2cc(F)c(CC3CCOC(c4ccc(-c5ccc(OC(F)(F)F)cc5)cc4)O3)c(F)c2)CC1. The zero-order chi connectivity index (χ0) is 29.0. The lowest BCUT2D eigenvalue weighted by Gasteiger charge is -2.31. The van der Waals surface area contributed by atoms with E-state index in [0.717, 1.165) is 53.9 Å². The van der Waals surface area contributed by atoms with Crippen molar-refractivity contribution in [3.63, 3.8) is 0 Å². The maximum atomic E-state index is 15.2. The number of benzene rings is 3. The molecule has 8 heteroatoms. The van der Waals surface area contributed by atoms with Crippen molar-refractivity contribution in [2.75, 3.05) is 6.61 Å². The highest BCUT2D eigenvalue weighted by atomic mass is 19.4. The third-order valence-corrected chi connectivity index (χ3v) is 8.24. The van der Waals surface area contributed by atoms with Gasteiger partial charge in [-0.25, -0.2) is 8.78 Å². The molecule has 1 aliphatic heterocycles. The summed E-state index contributed by atoms with van der Waals surface area (Å²) in [6.45, 7) is 2.59. The average molecular weight is 575 g/mol. The zero-order valence-electron chi connectivity index (χ0n) is 23.1. The Morgan fingerprint density at radius 1 is 0.805 bits per heavy atom. The van der Waals surface area contributed by atoms with Crippen LogP contribution in [0.15, 0.2) is 60.7 Å². The highest BCUT2D eigenvalue weighted by molar-refractivity contribution is 5.64. The molecule has 5 rings (SSSR count). The van der Waals surface area contributed by atoms with Crippen LogP contribution in [0.25, 0.3) is 11.1 Å². The zero-order valence-corrected chi connectivity index (χ0v) is 23.1. The van der Waals surface area contributed by atoms with Crippen LogP contribution >= 0.6 is 0 Å². The van der Waals surface area contributed by atoms with Crippen LogP contribution < -0.4 is 4.74 Å². The first kappa shape index (κ1) is 29.5. The molecular weight excluding hydrogens is 539 g/mol. The monoisotopic (exact) mass is 574 g/mol. The minimum atomic E-state index is -4.74. The Bertz CT molecular complexity index is 1260. The molecule has 1 aliphatic carbocycles. The van der Waals surface area contributed by atoms with Crippen molar-refractivity contribution < 1.29 is 36.2 Å². The smallest absolute Gasteiger partial charge is 0.406 e. The molecule has 1 saturated carbocycles. The van der Waals surface area contributed by atoms with Gasteiger partial charge in [-0.05, 0) is 84.9 Å². The normalized spacial score (nSPS) is 23.4. The lowest BCUT2D eigenvalue weighted by molar-refractivity contribution is -0.274. The summed E-state index contributed by atoms with van der Waals surface area (Å²) < 4.78 is 83.4. The van der Waals surface area contributed by atoms with E-state index in [9.17, 15) is 13.2 Å². The van der Waals surface area contributed by atoms with E-state index in [4.69, 9.17) is 9.47 Å². The molecule has 220 valence electrons. The molecule has 1 heterocycles. The van der Waals surface area contributed by atoms with Crippen LogP contribution in [0.4, 0.5) is 22.0 Å². The van der Waals surface area contributed by atoms with Crippen molar-refractivity contribution >= 4 is 0 Å². The van der Waals surface area contributed by atoms with Gasteiger partial charge in [0.2, 0.25) is 0 Å². The largest absolute Gasteiger partial charge is 0.573 e. The predicted molar refractivity (Wildman–Crippen MR) is 146 cm³/mol. The fourth-order valence-corrected chi connectivity index (χ4v) is 6.07. The van der Waals surface area contributed by atoms with E-state index in [2.05, 4.69) is 11.7 Å². The van der Waals surface area contributed by atoms with Crippen LogP contribution in [0.2, 0.25) is 0 Å². The molecule has 2 unspecified atom stereocenters. The van der Waals surface area contributed by atoms with Crippen LogP contribution in [0.5, 0.6) is 5.75 Å². The molecule has 41 heavy (non-hydrogen) atoms. The van der Waals surface area contributed by atoms with Crippen molar-refractivity contribution in [3.05, 3.63) is 89.0 Å². The summed E-state index contributed by atoms with van der Waals surface area (Å²) in [5.41, 5.74) is 3.06. The van der Waals surface area contributed by atoms with E-state index in [-0.39, 0.29) is 23.7 Å². The van der Waals surface area contributed by atoms with E-state index in [1.54, 1.807) is 12.1 Å². The Morgan fingerprint density at radius 2 is 1.41 bits per heavy atom. The highest BCUT2D eigenvalue weighted by Crippen LogP contribution is 2.39. The van der Waals surface area contributed by atoms with Gasteiger partial charge in [0.1, 0.15) is 17.4 Å². The van der Waals surface area contributed by atoms with Gasteiger partial charge in [-0.1, -0.05) is 56.2 Å². The van der Waals surface area contributed by atoms with Gasteiger partial charge in [-0.3, -0.25) is 0 Å². The summed E-state index contributed by atoms with van der Waals surface area (Å²) in [6.07, 6.45) is 1.38. The van der Waals surface area contributed by atoms with Crippen molar-refractivity contribution in [3.8, 4) is 16.9 Å². The number of halogens is 5. The fourth-order valence-electron chi connectivity index (χ4n) is 6.07. The molecule has 1 saturated heterocycles. The maximum absolute atomic E-state index is 15.2. The van der Waals surface area contributed by atoms with Crippen LogP contribution in [0.3, 0.4) is 0 Å². The summed E-state index contributed by atoms with van der Waals surface area (Å²) in [5.74, 6) is -0.381. The molecule has 2 aliphatic rings. The second kappa shape index (κ2) is 12.9. The highest BCUT2D eigenvalue weighted by Gasteiger charge is 2.31. The van der Waals surface area contributed by atoms with Gasteiger partial charge in [0.15, 0.2) is 6.29 Å². The molecule has 0 bridgehead atoms. The summed E-state index contributed by atoms with van der Waals surface area (Å²) >= 11 is 0. The van der Waals surface area contributed by atoms with E-state index in [1.165, 1.54) is 37.1 Å². The molecule has 0 amide bonds. The molecule has 0 spiro atoms. The summed E-state index contributed by atoms with van der Waals surface area (Å²) in [4.78, 5) is 0. The van der Waals surface area contributed by atoms with Crippen molar-refractivity contribution in [1.29, 1.82) is 0 Å². The summed E-state index contributed by atoms with van der Waals surface area (Å²) in [5, 5.41) is 0. The second-order valence-electron chi connectivity index (χ2n) is 11.1. The van der Waals surface area contributed by atoms with E-state index in [1.807, 2.05) is 24.3 Å². The summed E-state index contributed by atoms with van der Waals surface area (Å²) in [6, 6.07) is 15.9. The van der Waals surface area contributed by atoms with Crippen LogP contribution in [-0.2, 0) is 15.9 Å². The van der Waals surface area contributed by atoms with Crippen LogP contribution in [0, 0.1) is 17.6 Å². The molecule has 0 N–H and O–H groups in total. The molecule has 3 aromatic rings. The lowest BCUT2D eigenvalue weighted by atomic mass is 9.77. The number of hydrogen-bond donors (Lipinski definition) is 0. The third kappa shape index (κ3) is 7.66. The molecule has 2 atom stereocenters. The fraction of sp³-hybridized carbons (Fsp3) is 0.455. The minimum absolute atomic E-state index is 0.0485. The van der Waals surface area contributed by atoms with Crippen LogP contribution in [0.1, 0.15) is 80.8 Å². The molecule has 0 radical (unpaired) electrons. The van der Waals surface area contributed by atoms with Gasteiger partial charge < -0.3 is 14.2 Å². The first-order chi connectivity index (χ1) is 19.7. The summed E-state index contributed by atoms with van der Waals surface area (Å²) in [7, 11) is 0. The van der Waals surface area contributed by atoms with Gasteiger partial charge in [-0.15, -0.1) is 13.2 Å². The standard InChI is InChI=1S/C33H35F5O3/c1-2-3-21-4-6-24(7-5-21)26-18-30(34)29(31(35)19-26)20-28-16-17-39-32(40-28)25-10-8-22(9-11-25)23-12-14-27(15-13-23)41-33(36,37)38/h8-15,18-19,21,24,28,32H,2-7,16-17,20H2,1H3. The van der Waals surface area contributed by atoms with E-state index >= 15 is 8.78 Å². The van der Waals surface area contributed by atoms with Gasteiger partial charge in [0.25, 0.3) is 0 Å². The number of rotatable bonds is 8. The van der Waals surface area contributed by atoms with Crippen molar-refractivity contribution in [1.82, 2.24) is 0 Å². The Hall–Kier alpha value is -2.97. The Balaban J connectivity index is 1.20. The average Bonchev–Trinajstić information content (AvgIpc) is 2.95. The Morgan fingerprint density at radius 3 is 2.00 bits per heavy atom. The minimum Gasteiger partial charge on any atom is -0.406 e.